The summed E-state index contributed by atoms with van der Waals surface area (Å²) >= 11 is 5.03. The monoisotopic (exact) mass is 348 g/mol. The minimum absolute atomic E-state index is 0. The van der Waals surface area contributed by atoms with Gasteiger partial charge in [0.25, 0.3) is 0 Å². The Hall–Kier alpha value is -1.11. The van der Waals surface area contributed by atoms with Crippen molar-refractivity contribution in [3.8, 4) is 5.75 Å². The maximum absolute atomic E-state index is 5.03. The Morgan fingerprint density at radius 3 is 1.32 bits per heavy atom. The molecule has 0 spiro atoms. The van der Waals surface area contributed by atoms with Crippen LogP contribution in [0.2, 0.25) is 0 Å². The van der Waals surface area contributed by atoms with E-state index < -0.39 is 0 Å². The number of hydrogen-bond acceptors (Lipinski definition) is 1. The van der Waals surface area contributed by atoms with E-state index in [1.165, 1.54) is 0 Å². The van der Waals surface area contributed by atoms with Crippen LogP contribution in [0, 0.1) is 0 Å². The van der Waals surface area contributed by atoms with Crippen molar-refractivity contribution in [3.63, 3.8) is 0 Å². The molecular weight excluding hydrogens is 335 g/mol. The molecule has 0 heterocycles. The maximum Gasteiger partial charge on any atom is 2.00 e. The first kappa shape index (κ1) is 17.9. The van der Waals surface area contributed by atoms with Gasteiger partial charge in [-0.15, -0.1) is 0 Å². The summed E-state index contributed by atoms with van der Waals surface area (Å²) in [5, 5.41) is 0. The van der Waals surface area contributed by atoms with E-state index in [1.807, 2.05) is 78.9 Å². The van der Waals surface area contributed by atoms with Gasteiger partial charge in [-0.2, -0.15) is 36.4 Å². The summed E-state index contributed by atoms with van der Waals surface area (Å²) in [6, 6.07) is 29.2. The second-order valence-electron chi connectivity index (χ2n) is 3.31. The van der Waals surface area contributed by atoms with Crippen LogP contribution in [0.1, 0.15) is 0 Å². The number of halogens is 1. The van der Waals surface area contributed by atoms with Crippen LogP contribution in [0.3, 0.4) is 0 Å². The van der Waals surface area contributed by atoms with Gasteiger partial charge in [-0.1, -0.05) is 18.2 Å². The molecule has 0 fully saturated rings. The molecule has 3 aromatic rings. The van der Waals surface area contributed by atoms with E-state index >= 15 is 0 Å². The molecule has 0 amide bonds. The third-order valence-electron chi connectivity index (χ3n) is 1.94. The van der Waals surface area contributed by atoms with Crippen LogP contribution in [-0.2, 0) is 26.2 Å². The van der Waals surface area contributed by atoms with Gasteiger partial charge in [-0.05, 0) is 12.1 Å². The van der Waals surface area contributed by atoms with Crippen molar-refractivity contribution in [1.29, 1.82) is 0 Å². The van der Waals surface area contributed by atoms with Crippen LogP contribution >= 0.6 is 11.9 Å². The number of para-hydroxylation sites is 1. The molecule has 3 rings (SSSR count). The van der Waals surface area contributed by atoms with Crippen LogP contribution in [0.25, 0.3) is 0 Å². The van der Waals surface area contributed by atoms with E-state index in [2.05, 4.69) is 4.29 Å². The van der Waals surface area contributed by atoms with Gasteiger partial charge >= 0.3 is 26.2 Å². The van der Waals surface area contributed by atoms with Gasteiger partial charge in [0, 0.05) is 0 Å². The number of benzene rings is 1. The molecule has 0 saturated carbocycles. The molecule has 3 heteroatoms. The summed E-state index contributed by atoms with van der Waals surface area (Å²) in [6.45, 7) is 0. The largest absolute Gasteiger partial charge is 2.00 e. The summed E-state index contributed by atoms with van der Waals surface area (Å²) in [4.78, 5) is 0. The van der Waals surface area contributed by atoms with Crippen molar-refractivity contribution in [2.45, 2.75) is 0 Å². The third-order valence-corrected chi connectivity index (χ3v) is 2.12. The van der Waals surface area contributed by atoms with Gasteiger partial charge in [0.15, 0.2) is 0 Å². The molecule has 0 N–H and O–H groups in total. The standard InChI is InChI=1S/C6H5ClO.2C5H5.Zr/c7-8-6-4-2-1-3-5-6;2*1-2-4-5-3-1;/h1-5H;2*1-5H;/q;2*-1;+2. The fourth-order valence-electron chi connectivity index (χ4n) is 1.11. The molecular formula is C16H15ClOZr. The zero-order valence-corrected chi connectivity index (χ0v) is 13.7. The molecule has 0 atom stereocenters. The van der Waals surface area contributed by atoms with Crippen LogP contribution in [0.5, 0.6) is 5.75 Å². The van der Waals surface area contributed by atoms with Crippen LogP contribution in [0.15, 0.2) is 91.0 Å². The quantitative estimate of drug-likeness (QED) is 0.560. The fraction of sp³-hybridized carbons (Fsp3) is 0. The molecule has 0 saturated heterocycles. The topological polar surface area (TPSA) is 9.23 Å². The molecule has 0 aliphatic rings. The molecule has 0 bridgehead atoms. The molecule has 96 valence electrons. The van der Waals surface area contributed by atoms with Crippen molar-refractivity contribution in [3.05, 3.63) is 91.0 Å². The minimum atomic E-state index is 0. The second kappa shape index (κ2) is 13.3. The SMILES string of the molecule is ClOc1ccccc1.[Zr+2].c1cc[cH-]c1.c1cc[cH-]c1. The smallest absolute Gasteiger partial charge is 0.386 e. The molecule has 3 aromatic carbocycles. The maximum atomic E-state index is 5.03. The second-order valence-corrected chi connectivity index (χ2v) is 3.47. The minimum Gasteiger partial charge on any atom is -0.386 e. The van der Waals surface area contributed by atoms with E-state index in [1.54, 1.807) is 12.1 Å². The van der Waals surface area contributed by atoms with Crippen molar-refractivity contribution in [2.24, 2.45) is 0 Å². The van der Waals surface area contributed by atoms with E-state index in [-0.39, 0.29) is 26.2 Å². The first-order chi connectivity index (χ1) is 8.93. The first-order valence-corrected chi connectivity index (χ1v) is 5.91. The number of hydrogen-bond donors (Lipinski definition) is 0. The van der Waals surface area contributed by atoms with Crippen molar-refractivity contribution < 1.29 is 30.5 Å². The summed E-state index contributed by atoms with van der Waals surface area (Å²) in [5.74, 6) is 0.675. The molecule has 0 radical (unpaired) electrons. The average Bonchev–Trinajstić information content (AvgIpc) is 3.17. The predicted molar refractivity (Wildman–Crippen MR) is 77.0 cm³/mol. The Balaban J connectivity index is 0.000000259. The van der Waals surface area contributed by atoms with E-state index in [0.29, 0.717) is 5.75 Å². The van der Waals surface area contributed by atoms with Crippen LogP contribution < -0.4 is 4.29 Å². The fourth-order valence-corrected chi connectivity index (χ4v) is 1.22. The third kappa shape index (κ3) is 10.5. The Morgan fingerprint density at radius 1 is 0.684 bits per heavy atom. The van der Waals surface area contributed by atoms with E-state index in [9.17, 15) is 0 Å². The molecule has 0 unspecified atom stereocenters. The zero-order valence-electron chi connectivity index (χ0n) is 10.4. The summed E-state index contributed by atoms with van der Waals surface area (Å²) in [5.41, 5.74) is 0. The van der Waals surface area contributed by atoms with Crippen molar-refractivity contribution >= 4 is 11.9 Å². The Kier molecular flexibility index (Phi) is 12.6. The van der Waals surface area contributed by atoms with Gasteiger partial charge in [-0.25, -0.2) is 24.3 Å². The molecule has 1 nitrogen and oxygen atoms in total. The summed E-state index contributed by atoms with van der Waals surface area (Å²) < 4.78 is 4.39. The van der Waals surface area contributed by atoms with E-state index in [0.717, 1.165) is 0 Å². The van der Waals surface area contributed by atoms with Crippen LogP contribution in [0.4, 0.5) is 0 Å². The van der Waals surface area contributed by atoms with Gasteiger partial charge in [0.1, 0.15) is 17.6 Å². The Bertz CT molecular complexity index is 388. The van der Waals surface area contributed by atoms with Gasteiger partial charge in [0.2, 0.25) is 0 Å². The summed E-state index contributed by atoms with van der Waals surface area (Å²) in [6.07, 6.45) is 0. The zero-order chi connectivity index (χ0) is 12.9. The Labute approximate surface area is 138 Å². The summed E-state index contributed by atoms with van der Waals surface area (Å²) in [7, 11) is 0. The predicted octanol–water partition coefficient (Wildman–Crippen LogP) is 5.03. The van der Waals surface area contributed by atoms with E-state index in [4.69, 9.17) is 11.9 Å². The molecule has 0 aliphatic heterocycles. The van der Waals surface area contributed by atoms with Crippen LogP contribution in [-0.4, -0.2) is 0 Å². The van der Waals surface area contributed by atoms with Crippen molar-refractivity contribution in [2.75, 3.05) is 0 Å². The molecule has 19 heavy (non-hydrogen) atoms. The first-order valence-electron chi connectivity index (χ1n) is 5.60. The van der Waals surface area contributed by atoms with Gasteiger partial charge in [0.05, 0.1) is 0 Å². The molecule has 0 aromatic heterocycles. The normalized spacial score (nSPS) is 7.84. The van der Waals surface area contributed by atoms with Crippen molar-refractivity contribution in [1.82, 2.24) is 0 Å². The average molecular weight is 350 g/mol. The van der Waals surface area contributed by atoms with Gasteiger partial charge in [-0.3, -0.25) is 0 Å². The number of rotatable bonds is 1. The Morgan fingerprint density at radius 2 is 1.11 bits per heavy atom. The van der Waals surface area contributed by atoms with Gasteiger partial charge < -0.3 is 4.29 Å². The molecule has 0 aliphatic carbocycles.